The van der Waals surface area contributed by atoms with Crippen LogP contribution in [0.25, 0.3) is 0 Å². The summed E-state index contributed by atoms with van der Waals surface area (Å²) in [5, 5.41) is 0.996. The summed E-state index contributed by atoms with van der Waals surface area (Å²) in [5.74, 6) is 1.58. The summed E-state index contributed by atoms with van der Waals surface area (Å²) in [6.07, 6.45) is 1.72. The number of ether oxygens (including phenoxy) is 1. The van der Waals surface area contributed by atoms with Gasteiger partial charge in [-0.3, -0.25) is 0 Å². The lowest BCUT2D eigenvalue weighted by atomic mass is 9.94. The molecule has 1 aliphatic rings. The second kappa shape index (κ2) is 3.72. The van der Waals surface area contributed by atoms with Crippen molar-refractivity contribution in [2.24, 2.45) is 11.8 Å². The van der Waals surface area contributed by atoms with E-state index in [9.17, 15) is 0 Å². The van der Waals surface area contributed by atoms with E-state index in [0.717, 1.165) is 23.8 Å². The zero-order chi connectivity index (χ0) is 7.56. The van der Waals surface area contributed by atoms with Crippen LogP contribution < -0.4 is 0 Å². The Morgan fingerprint density at radius 1 is 1.60 bits per heavy atom. The van der Waals surface area contributed by atoms with Gasteiger partial charge in [0.25, 0.3) is 0 Å². The zero-order valence-electron chi connectivity index (χ0n) is 6.64. The first-order chi connectivity index (χ1) is 4.74. The van der Waals surface area contributed by atoms with E-state index in [2.05, 4.69) is 29.8 Å². The third-order valence-corrected chi connectivity index (χ3v) is 2.95. The van der Waals surface area contributed by atoms with Crippen LogP contribution in [-0.2, 0) is 4.74 Å². The van der Waals surface area contributed by atoms with E-state index >= 15 is 0 Å². The van der Waals surface area contributed by atoms with Crippen molar-refractivity contribution < 1.29 is 4.74 Å². The first kappa shape index (κ1) is 8.54. The Labute approximate surface area is 71.3 Å². The molecule has 0 aromatic rings. The molecule has 1 rings (SSSR count). The van der Waals surface area contributed by atoms with Gasteiger partial charge in [-0.05, 0) is 18.3 Å². The number of hydrogen-bond donors (Lipinski definition) is 0. The molecule has 1 heterocycles. The van der Waals surface area contributed by atoms with E-state index in [0.29, 0.717) is 6.10 Å². The molecule has 0 N–H and O–H groups in total. The molecule has 0 aromatic heterocycles. The van der Waals surface area contributed by atoms with E-state index in [-0.39, 0.29) is 0 Å². The summed E-state index contributed by atoms with van der Waals surface area (Å²) in [6.45, 7) is 5.50. The van der Waals surface area contributed by atoms with Gasteiger partial charge in [0.15, 0.2) is 0 Å². The highest BCUT2D eigenvalue weighted by atomic mass is 79.9. The summed E-state index contributed by atoms with van der Waals surface area (Å²) >= 11 is 3.43. The first-order valence-corrected chi connectivity index (χ1v) is 5.03. The molecule has 60 valence electrons. The maximum atomic E-state index is 5.53. The highest BCUT2D eigenvalue weighted by molar-refractivity contribution is 9.09. The Balaban J connectivity index is 2.28. The molecule has 1 fully saturated rings. The molecule has 10 heavy (non-hydrogen) atoms. The predicted molar refractivity (Wildman–Crippen MR) is 46.5 cm³/mol. The van der Waals surface area contributed by atoms with Crippen LogP contribution in [0.4, 0.5) is 0 Å². The van der Waals surface area contributed by atoms with Crippen LogP contribution >= 0.6 is 15.9 Å². The minimum atomic E-state index is 0.479. The second-order valence-corrected chi connectivity index (χ2v) is 4.00. The highest BCUT2D eigenvalue weighted by Gasteiger charge is 2.26. The molecule has 2 heteroatoms. The normalized spacial score (nSPS) is 33.6. The smallest absolute Gasteiger partial charge is 0.0675 e. The van der Waals surface area contributed by atoms with Gasteiger partial charge in [-0.15, -0.1) is 0 Å². The van der Waals surface area contributed by atoms with Crippen molar-refractivity contribution in [2.45, 2.75) is 26.4 Å². The first-order valence-electron chi connectivity index (χ1n) is 3.91. The second-order valence-electron chi connectivity index (χ2n) is 3.35. The fourth-order valence-corrected chi connectivity index (χ4v) is 1.76. The van der Waals surface area contributed by atoms with Crippen molar-refractivity contribution >= 4 is 15.9 Å². The van der Waals surface area contributed by atoms with Crippen LogP contribution in [0.2, 0.25) is 0 Å². The molecule has 0 saturated carbocycles. The molecule has 0 aromatic carbocycles. The molecule has 0 spiro atoms. The van der Waals surface area contributed by atoms with Crippen molar-refractivity contribution in [3.63, 3.8) is 0 Å². The number of hydrogen-bond acceptors (Lipinski definition) is 1. The Morgan fingerprint density at radius 3 is 2.60 bits per heavy atom. The van der Waals surface area contributed by atoms with E-state index < -0.39 is 0 Å². The molecule has 0 bridgehead atoms. The average molecular weight is 207 g/mol. The van der Waals surface area contributed by atoms with Gasteiger partial charge in [0, 0.05) is 5.33 Å². The molecule has 2 atom stereocenters. The SMILES string of the molecule is CC(C)[C@H]1CO[C@@H](CBr)C1. The van der Waals surface area contributed by atoms with Gasteiger partial charge in [-0.25, -0.2) is 0 Å². The molecule has 1 nitrogen and oxygen atoms in total. The van der Waals surface area contributed by atoms with Gasteiger partial charge in [-0.2, -0.15) is 0 Å². The van der Waals surface area contributed by atoms with Crippen molar-refractivity contribution in [2.75, 3.05) is 11.9 Å². The van der Waals surface area contributed by atoms with Crippen LogP contribution in [0.1, 0.15) is 20.3 Å². The van der Waals surface area contributed by atoms with Crippen LogP contribution in [0.15, 0.2) is 0 Å². The van der Waals surface area contributed by atoms with E-state index in [4.69, 9.17) is 4.74 Å². The molecule has 0 radical (unpaired) electrons. The zero-order valence-corrected chi connectivity index (χ0v) is 8.23. The fourth-order valence-electron chi connectivity index (χ4n) is 1.31. The van der Waals surface area contributed by atoms with Crippen LogP contribution in [0.5, 0.6) is 0 Å². The van der Waals surface area contributed by atoms with Gasteiger partial charge in [0.1, 0.15) is 0 Å². The van der Waals surface area contributed by atoms with Crippen molar-refractivity contribution in [1.29, 1.82) is 0 Å². The Bertz CT molecular complexity index is 103. The van der Waals surface area contributed by atoms with E-state index in [1.165, 1.54) is 6.42 Å². The average Bonchev–Trinajstić information content (AvgIpc) is 2.34. The van der Waals surface area contributed by atoms with Gasteiger partial charge in [-0.1, -0.05) is 29.8 Å². The Morgan fingerprint density at radius 2 is 2.30 bits per heavy atom. The Kier molecular flexibility index (Phi) is 3.18. The summed E-state index contributed by atoms with van der Waals surface area (Å²) in [7, 11) is 0. The molecular weight excluding hydrogens is 192 g/mol. The summed E-state index contributed by atoms with van der Waals surface area (Å²) in [5.41, 5.74) is 0. The number of rotatable bonds is 2. The van der Waals surface area contributed by atoms with Crippen LogP contribution in [-0.4, -0.2) is 18.0 Å². The minimum Gasteiger partial charge on any atom is -0.377 e. The third kappa shape index (κ3) is 1.96. The summed E-state index contributed by atoms with van der Waals surface area (Å²) in [4.78, 5) is 0. The van der Waals surface area contributed by atoms with Gasteiger partial charge < -0.3 is 4.74 Å². The summed E-state index contributed by atoms with van der Waals surface area (Å²) in [6, 6.07) is 0. The highest BCUT2D eigenvalue weighted by Crippen LogP contribution is 2.26. The molecular formula is C8H15BrO. The molecule has 0 amide bonds. The fraction of sp³-hybridized carbons (Fsp3) is 1.00. The molecule has 0 unspecified atom stereocenters. The maximum Gasteiger partial charge on any atom is 0.0675 e. The van der Waals surface area contributed by atoms with Crippen molar-refractivity contribution in [3.05, 3.63) is 0 Å². The van der Waals surface area contributed by atoms with Gasteiger partial charge in [0.05, 0.1) is 12.7 Å². The maximum absolute atomic E-state index is 5.53. The lowest BCUT2D eigenvalue weighted by Crippen LogP contribution is -2.08. The quantitative estimate of drug-likeness (QED) is 0.632. The van der Waals surface area contributed by atoms with Crippen molar-refractivity contribution in [3.8, 4) is 0 Å². The largest absolute Gasteiger partial charge is 0.377 e. The lowest BCUT2D eigenvalue weighted by molar-refractivity contribution is 0.120. The predicted octanol–water partition coefficient (Wildman–Crippen LogP) is 2.44. The van der Waals surface area contributed by atoms with Crippen LogP contribution in [0, 0.1) is 11.8 Å². The summed E-state index contributed by atoms with van der Waals surface area (Å²) < 4.78 is 5.53. The van der Waals surface area contributed by atoms with Crippen LogP contribution in [0.3, 0.4) is 0 Å². The third-order valence-electron chi connectivity index (χ3n) is 2.23. The van der Waals surface area contributed by atoms with Gasteiger partial charge >= 0.3 is 0 Å². The van der Waals surface area contributed by atoms with Crippen molar-refractivity contribution in [1.82, 2.24) is 0 Å². The Hall–Kier alpha value is 0.440. The molecule has 1 saturated heterocycles. The molecule has 1 aliphatic heterocycles. The lowest BCUT2D eigenvalue weighted by Gasteiger charge is -2.10. The van der Waals surface area contributed by atoms with E-state index in [1.807, 2.05) is 0 Å². The number of alkyl halides is 1. The topological polar surface area (TPSA) is 9.23 Å². The standard InChI is InChI=1S/C8H15BrO/c1-6(2)7-3-8(4-9)10-5-7/h6-8H,3-5H2,1-2H3/t7-,8-/m1/s1. The minimum absolute atomic E-state index is 0.479. The van der Waals surface area contributed by atoms with Gasteiger partial charge in [0.2, 0.25) is 0 Å². The monoisotopic (exact) mass is 206 g/mol. The molecule has 0 aliphatic carbocycles. The van der Waals surface area contributed by atoms with E-state index in [1.54, 1.807) is 0 Å². The number of halogens is 1.